The summed E-state index contributed by atoms with van der Waals surface area (Å²) < 4.78 is 21.8. The molecule has 26 heavy (non-hydrogen) atoms. The lowest BCUT2D eigenvalue weighted by atomic mass is 10.1. The molecule has 1 unspecified atom stereocenters. The lowest BCUT2D eigenvalue weighted by Gasteiger charge is -2.13. The Kier molecular flexibility index (Phi) is 18.6. The highest BCUT2D eigenvalue weighted by Crippen LogP contribution is 2.09. The Labute approximate surface area is 161 Å². The minimum atomic E-state index is -0.119. The average Bonchev–Trinajstić information content (AvgIpc) is 2.59. The molecule has 0 aliphatic heterocycles. The zero-order valence-electron chi connectivity index (χ0n) is 17.6. The molecule has 0 fully saturated rings. The predicted octanol–water partition coefficient (Wildman–Crippen LogP) is 4.76. The van der Waals surface area contributed by atoms with E-state index in [1.807, 2.05) is 6.92 Å². The number of hydrogen-bond acceptors (Lipinski definition) is 5. The summed E-state index contributed by atoms with van der Waals surface area (Å²) in [6.45, 7) is 12.3. The molecule has 0 bridgehead atoms. The maximum absolute atomic E-state index is 11.7. The summed E-state index contributed by atoms with van der Waals surface area (Å²) in [5.74, 6) is 0.557. The third-order valence-corrected chi connectivity index (χ3v) is 4.05. The molecule has 5 nitrogen and oxygen atoms in total. The second kappa shape index (κ2) is 19.1. The van der Waals surface area contributed by atoms with E-state index in [2.05, 4.69) is 20.8 Å². The third kappa shape index (κ3) is 19.7. The number of ether oxygens (including phenoxy) is 4. The van der Waals surface area contributed by atoms with Gasteiger partial charge in [-0.1, -0.05) is 40.0 Å². The van der Waals surface area contributed by atoms with E-state index < -0.39 is 0 Å². The molecular weight excluding hydrogens is 332 g/mol. The molecule has 0 heterocycles. The van der Waals surface area contributed by atoms with Gasteiger partial charge in [0.25, 0.3) is 0 Å². The Morgan fingerprint density at radius 2 is 1.35 bits per heavy atom. The molecule has 0 radical (unpaired) electrons. The van der Waals surface area contributed by atoms with E-state index in [0.717, 1.165) is 25.9 Å². The molecule has 5 heteroatoms. The van der Waals surface area contributed by atoms with Gasteiger partial charge in [-0.15, -0.1) is 0 Å². The molecule has 0 N–H and O–H groups in total. The standard InChI is InChI=1S/C21H42O5/c1-5-6-7-8-10-20(4)26-21(22)11-9-13-23-15-17-25-18-16-24-14-12-19(2)3/h19-20H,5-18H2,1-4H3. The molecule has 0 amide bonds. The van der Waals surface area contributed by atoms with Crippen LogP contribution in [0.1, 0.15) is 79.1 Å². The van der Waals surface area contributed by atoms with Gasteiger partial charge in [-0.05, 0) is 38.5 Å². The summed E-state index contributed by atoms with van der Waals surface area (Å²) in [7, 11) is 0. The fourth-order valence-electron chi connectivity index (χ4n) is 2.38. The first kappa shape index (κ1) is 25.4. The van der Waals surface area contributed by atoms with Crippen molar-refractivity contribution in [1.29, 1.82) is 0 Å². The van der Waals surface area contributed by atoms with Crippen molar-refractivity contribution in [3.8, 4) is 0 Å². The van der Waals surface area contributed by atoms with E-state index >= 15 is 0 Å². The molecule has 0 aromatic heterocycles. The lowest BCUT2D eigenvalue weighted by molar-refractivity contribution is -0.149. The van der Waals surface area contributed by atoms with Gasteiger partial charge >= 0.3 is 5.97 Å². The van der Waals surface area contributed by atoms with Gasteiger partial charge in [-0.2, -0.15) is 0 Å². The van der Waals surface area contributed by atoms with Crippen LogP contribution in [0, 0.1) is 5.92 Å². The normalized spacial score (nSPS) is 12.5. The zero-order valence-corrected chi connectivity index (χ0v) is 17.6. The van der Waals surface area contributed by atoms with E-state index in [9.17, 15) is 4.79 Å². The molecule has 0 saturated carbocycles. The zero-order chi connectivity index (χ0) is 19.5. The monoisotopic (exact) mass is 374 g/mol. The van der Waals surface area contributed by atoms with Crippen LogP contribution in [0.4, 0.5) is 0 Å². The fourth-order valence-corrected chi connectivity index (χ4v) is 2.38. The summed E-state index contributed by atoms with van der Waals surface area (Å²) in [5, 5.41) is 0. The van der Waals surface area contributed by atoms with Crippen LogP contribution in [0.25, 0.3) is 0 Å². The van der Waals surface area contributed by atoms with Crippen LogP contribution in [0.3, 0.4) is 0 Å². The smallest absolute Gasteiger partial charge is 0.306 e. The van der Waals surface area contributed by atoms with E-state index in [1.54, 1.807) is 0 Å². The van der Waals surface area contributed by atoms with E-state index in [4.69, 9.17) is 18.9 Å². The molecule has 0 aromatic rings. The number of esters is 1. The Balaban J connectivity index is 3.27. The Hall–Kier alpha value is -0.650. The van der Waals surface area contributed by atoms with Crippen molar-refractivity contribution in [1.82, 2.24) is 0 Å². The van der Waals surface area contributed by atoms with Crippen molar-refractivity contribution in [2.24, 2.45) is 5.92 Å². The van der Waals surface area contributed by atoms with Crippen molar-refractivity contribution in [2.45, 2.75) is 85.2 Å². The van der Waals surface area contributed by atoms with E-state index in [1.165, 1.54) is 19.3 Å². The summed E-state index contributed by atoms with van der Waals surface area (Å²) >= 11 is 0. The summed E-state index contributed by atoms with van der Waals surface area (Å²) in [4.78, 5) is 11.7. The van der Waals surface area contributed by atoms with Crippen molar-refractivity contribution < 1.29 is 23.7 Å². The van der Waals surface area contributed by atoms with Gasteiger partial charge in [0.15, 0.2) is 0 Å². The highest BCUT2D eigenvalue weighted by Gasteiger charge is 2.09. The first-order chi connectivity index (χ1) is 12.6. The molecule has 0 spiro atoms. The Morgan fingerprint density at radius 1 is 0.731 bits per heavy atom. The van der Waals surface area contributed by atoms with Gasteiger partial charge in [-0.25, -0.2) is 0 Å². The third-order valence-electron chi connectivity index (χ3n) is 4.05. The molecule has 0 rings (SSSR count). The molecule has 156 valence electrons. The second-order valence-electron chi connectivity index (χ2n) is 7.27. The first-order valence-corrected chi connectivity index (χ1v) is 10.5. The van der Waals surface area contributed by atoms with Gasteiger partial charge in [-0.3, -0.25) is 4.79 Å². The molecule has 0 saturated heterocycles. The van der Waals surface area contributed by atoms with Gasteiger partial charge in [0.05, 0.1) is 32.5 Å². The van der Waals surface area contributed by atoms with Crippen LogP contribution in [0.15, 0.2) is 0 Å². The second-order valence-corrected chi connectivity index (χ2v) is 7.27. The lowest BCUT2D eigenvalue weighted by Crippen LogP contribution is -2.15. The molecule has 0 aliphatic rings. The maximum Gasteiger partial charge on any atom is 0.306 e. The van der Waals surface area contributed by atoms with Gasteiger partial charge in [0.1, 0.15) is 0 Å². The number of unbranched alkanes of at least 4 members (excludes halogenated alkanes) is 3. The SMILES string of the molecule is CCCCCCC(C)OC(=O)CCCOCCOCCOCCC(C)C. The largest absolute Gasteiger partial charge is 0.463 e. The van der Waals surface area contributed by atoms with Gasteiger partial charge in [0.2, 0.25) is 0 Å². The topological polar surface area (TPSA) is 54.0 Å². The van der Waals surface area contributed by atoms with Crippen molar-refractivity contribution >= 4 is 5.97 Å². The Bertz CT molecular complexity index is 307. The summed E-state index contributed by atoms with van der Waals surface area (Å²) in [6, 6.07) is 0. The van der Waals surface area contributed by atoms with Crippen molar-refractivity contribution in [2.75, 3.05) is 39.6 Å². The van der Waals surface area contributed by atoms with Gasteiger partial charge < -0.3 is 18.9 Å². The van der Waals surface area contributed by atoms with Crippen molar-refractivity contribution in [3.63, 3.8) is 0 Å². The fraction of sp³-hybridized carbons (Fsp3) is 0.952. The molecule has 0 aromatic carbocycles. The number of carbonyl (C=O) groups is 1. The quantitative estimate of drug-likeness (QED) is 0.241. The number of rotatable bonds is 19. The van der Waals surface area contributed by atoms with Crippen LogP contribution in [-0.4, -0.2) is 51.7 Å². The van der Waals surface area contributed by atoms with E-state index in [0.29, 0.717) is 51.8 Å². The molecule has 0 aliphatic carbocycles. The summed E-state index contributed by atoms with van der Waals surface area (Å²) in [6.07, 6.45) is 8.02. The maximum atomic E-state index is 11.7. The molecule has 1 atom stereocenters. The summed E-state index contributed by atoms with van der Waals surface area (Å²) in [5.41, 5.74) is 0. The highest BCUT2D eigenvalue weighted by molar-refractivity contribution is 5.69. The Morgan fingerprint density at radius 3 is 1.96 bits per heavy atom. The van der Waals surface area contributed by atoms with Crippen LogP contribution in [0.2, 0.25) is 0 Å². The van der Waals surface area contributed by atoms with Crippen molar-refractivity contribution in [3.05, 3.63) is 0 Å². The van der Waals surface area contributed by atoms with Crippen LogP contribution in [-0.2, 0) is 23.7 Å². The van der Waals surface area contributed by atoms with Crippen LogP contribution < -0.4 is 0 Å². The van der Waals surface area contributed by atoms with Gasteiger partial charge in [0, 0.05) is 19.6 Å². The van der Waals surface area contributed by atoms with E-state index in [-0.39, 0.29) is 12.1 Å². The number of hydrogen-bond donors (Lipinski definition) is 0. The molecular formula is C21H42O5. The van der Waals surface area contributed by atoms with Crippen LogP contribution >= 0.6 is 0 Å². The first-order valence-electron chi connectivity index (χ1n) is 10.5. The minimum absolute atomic E-state index is 0.0245. The number of carbonyl (C=O) groups excluding carboxylic acids is 1. The van der Waals surface area contributed by atoms with Crippen LogP contribution in [0.5, 0.6) is 0 Å². The average molecular weight is 375 g/mol. The highest BCUT2D eigenvalue weighted by atomic mass is 16.5. The predicted molar refractivity (Wildman–Crippen MR) is 105 cm³/mol. The minimum Gasteiger partial charge on any atom is -0.463 e.